The fraction of sp³-hybridized carbons (Fsp3) is 0.231. The minimum absolute atomic E-state index is 0.156. The number of hydrogen-bond acceptors (Lipinski definition) is 5. The first-order valence-corrected chi connectivity index (χ1v) is 6.79. The SMILES string of the molecule is CCOc1ccc(NC(=O)c2sc(N)nc2C)cc1F. The molecule has 0 saturated heterocycles. The van der Waals surface area contributed by atoms with Gasteiger partial charge in [0.05, 0.1) is 12.3 Å². The average molecular weight is 295 g/mol. The summed E-state index contributed by atoms with van der Waals surface area (Å²) < 4.78 is 18.8. The first-order chi connectivity index (χ1) is 9.51. The molecule has 20 heavy (non-hydrogen) atoms. The maximum absolute atomic E-state index is 13.7. The molecule has 1 heterocycles. The quantitative estimate of drug-likeness (QED) is 0.909. The number of thiazole rings is 1. The number of ether oxygens (including phenoxy) is 1. The number of amides is 1. The number of anilines is 2. The van der Waals surface area contributed by atoms with Gasteiger partial charge in [-0.1, -0.05) is 11.3 Å². The van der Waals surface area contributed by atoms with Crippen molar-refractivity contribution in [2.75, 3.05) is 17.7 Å². The van der Waals surface area contributed by atoms with Gasteiger partial charge in [0.25, 0.3) is 5.91 Å². The van der Waals surface area contributed by atoms with Crippen molar-refractivity contribution in [1.82, 2.24) is 4.98 Å². The Hall–Kier alpha value is -2.15. The zero-order chi connectivity index (χ0) is 14.7. The molecule has 0 atom stereocenters. The fourth-order valence-corrected chi connectivity index (χ4v) is 2.40. The van der Waals surface area contributed by atoms with Gasteiger partial charge in [0, 0.05) is 11.8 Å². The smallest absolute Gasteiger partial charge is 0.267 e. The molecule has 0 aliphatic heterocycles. The Morgan fingerprint density at radius 2 is 2.30 bits per heavy atom. The summed E-state index contributed by atoms with van der Waals surface area (Å²) in [5, 5.41) is 2.93. The van der Waals surface area contributed by atoms with Crippen molar-refractivity contribution < 1.29 is 13.9 Å². The largest absolute Gasteiger partial charge is 0.491 e. The van der Waals surface area contributed by atoms with Crippen molar-refractivity contribution in [3.05, 3.63) is 34.6 Å². The summed E-state index contributed by atoms with van der Waals surface area (Å²) in [5.74, 6) is -0.728. The summed E-state index contributed by atoms with van der Waals surface area (Å²) in [7, 11) is 0. The van der Waals surface area contributed by atoms with Crippen LogP contribution in [0.3, 0.4) is 0 Å². The van der Waals surface area contributed by atoms with Crippen molar-refractivity contribution >= 4 is 28.1 Å². The Labute approximate surface area is 119 Å². The van der Waals surface area contributed by atoms with Crippen molar-refractivity contribution in [1.29, 1.82) is 0 Å². The lowest BCUT2D eigenvalue weighted by Crippen LogP contribution is -2.11. The van der Waals surface area contributed by atoms with E-state index in [0.29, 0.717) is 28.0 Å². The number of carbonyl (C=O) groups is 1. The van der Waals surface area contributed by atoms with Crippen LogP contribution in [0.4, 0.5) is 15.2 Å². The summed E-state index contributed by atoms with van der Waals surface area (Å²) in [6.07, 6.45) is 0. The van der Waals surface area contributed by atoms with Gasteiger partial charge in [-0.05, 0) is 26.0 Å². The molecule has 1 aromatic carbocycles. The van der Waals surface area contributed by atoms with E-state index in [0.717, 1.165) is 11.3 Å². The number of hydrogen-bond donors (Lipinski definition) is 2. The molecule has 1 amide bonds. The summed E-state index contributed by atoms with van der Waals surface area (Å²) in [6.45, 7) is 3.84. The number of aromatic nitrogens is 1. The lowest BCUT2D eigenvalue weighted by Gasteiger charge is -2.07. The summed E-state index contributed by atoms with van der Waals surface area (Å²) in [5.41, 5.74) is 6.44. The van der Waals surface area contributed by atoms with Gasteiger partial charge in [0.1, 0.15) is 4.88 Å². The Kier molecular flexibility index (Phi) is 4.19. The highest BCUT2D eigenvalue weighted by Gasteiger charge is 2.15. The molecule has 0 aliphatic rings. The third-order valence-corrected chi connectivity index (χ3v) is 3.49. The van der Waals surface area contributed by atoms with Crippen LogP contribution in [0.25, 0.3) is 0 Å². The van der Waals surface area contributed by atoms with E-state index in [1.165, 1.54) is 12.1 Å². The second kappa shape index (κ2) is 5.87. The summed E-state index contributed by atoms with van der Waals surface area (Å²) in [4.78, 5) is 16.4. The van der Waals surface area contributed by atoms with Crippen LogP contribution in [0.15, 0.2) is 18.2 Å². The average Bonchev–Trinajstić information content (AvgIpc) is 2.72. The third kappa shape index (κ3) is 3.05. The highest BCUT2D eigenvalue weighted by molar-refractivity contribution is 7.17. The molecule has 7 heteroatoms. The third-order valence-electron chi connectivity index (χ3n) is 2.51. The molecule has 0 unspecified atom stereocenters. The minimum atomic E-state index is -0.523. The summed E-state index contributed by atoms with van der Waals surface area (Å²) in [6, 6.07) is 4.26. The molecule has 2 aromatic rings. The predicted molar refractivity (Wildman–Crippen MR) is 76.8 cm³/mol. The van der Waals surface area contributed by atoms with Gasteiger partial charge < -0.3 is 15.8 Å². The van der Waals surface area contributed by atoms with Crippen molar-refractivity contribution in [3.63, 3.8) is 0 Å². The zero-order valence-electron chi connectivity index (χ0n) is 11.1. The van der Waals surface area contributed by atoms with Gasteiger partial charge in [-0.2, -0.15) is 0 Å². The van der Waals surface area contributed by atoms with Crippen LogP contribution in [0.2, 0.25) is 0 Å². The Bertz CT molecular complexity index is 643. The number of aryl methyl sites for hydroxylation is 1. The number of carbonyl (C=O) groups excluding carboxylic acids is 1. The molecular weight excluding hydrogens is 281 g/mol. The van der Waals surface area contributed by atoms with Gasteiger partial charge in [0.2, 0.25) is 0 Å². The van der Waals surface area contributed by atoms with Crippen LogP contribution in [0.1, 0.15) is 22.3 Å². The van der Waals surface area contributed by atoms with E-state index in [1.807, 2.05) is 0 Å². The van der Waals surface area contributed by atoms with Gasteiger partial charge in [-0.15, -0.1) is 0 Å². The predicted octanol–water partition coefficient (Wildman–Crippen LogP) is 2.82. The molecule has 0 saturated carbocycles. The molecule has 0 fully saturated rings. The molecular formula is C13H14FN3O2S. The Balaban J connectivity index is 2.16. The van der Waals surface area contributed by atoms with E-state index in [4.69, 9.17) is 10.5 Å². The fourth-order valence-electron chi connectivity index (χ4n) is 1.67. The molecule has 1 aromatic heterocycles. The van der Waals surface area contributed by atoms with Crippen LogP contribution in [0, 0.1) is 12.7 Å². The molecule has 0 aliphatic carbocycles. The van der Waals surface area contributed by atoms with Gasteiger partial charge >= 0.3 is 0 Å². The van der Waals surface area contributed by atoms with Gasteiger partial charge in [-0.25, -0.2) is 9.37 Å². The van der Waals surface area contributed by atoms with E-state index in [9.17, 15) is 9.18 Å². The van der Waals surface area contributed by atoms with Crippen molar-refractivity contribution in [2.45, 2.75) is 13.8 Å². The normalized spacial score (nSPS) is 10.3. The first kappa shape index (κ1) is 14.3. The summed E-state index contributed by atoms with van der Waals surface area (Å²) >= 11 is 1.09. The standard InChI is InChI=1S/C13H14FN3O2S/c1-3-19-10-5-4-8(6-9(10)14)17-12(18)11-7(2)16-13(15)20-11/h4-6H,3H2,1-2H3,(H2,15,16)(H,17,18). The van der Waals surface area contributed by atoms with Crippen LogP contribution in [0.5, 0.6) is 5.75 Å². The minimum Gasteiger partial charge on any atom is -0.491 e. The molecule has 0 bridgehead atoms. The number of nitrogen functional groups attached to an aromatic ring is 1. The van der Waals surface area contributed by atoms with Gasteiger partial charge in [-0.3, -0.25) is 4.79 Å². The molecule has 0 spiro atoms. The second-order valence-electron chi connectivity index (χ2n) is 4.00. The highest BCUT2D eigenvalue weighted by atomic mass is 32.1. The van der Waals surface area contributed by atoms with Crippen LogP contribution >= 0.6 is 11.3 Å². The van der Waals surface area contributed by atoms with Crippen LogP contribution < -0.4 is 15.8 Å². The molecule has 5 nitrogen and oxygen atoms in total. The van der Waals surface area contributed by atoms with Crippen molar-refractivity contribution in [3.8, 4) is 5.75 Å². The van der Waals surface area contributed by atoms with E-state index in [2.05, 4.69) is 10.3 Å². The molecule has 106 valence electrons. The van der Waals surface area contributed by atoms with E-state index < -0.39 is 5.82 Å². The Morgan fingerprint density at radius 3 is 2.85 bits per heavy atom. The lowest BCUT2D eigenvalue weighted by atomic mass is 10.2. The van der Waals surface area contributed by atoms with Crippen LogP contribution in [-0.2, 0) is 0 Å². The topological polar surface area (TPSA) is 77.2 Å². The van der Waals surface area contributed by atoms with Crippen molar-refractivity contribution in [2.24, 2.45) is 0 Å². The first-order valence-electron chi connectivity index (χ1n) is 5.98. The zero-order valence-corrected chi connectivity index (χ0v) is 11.9. The number of benzene rings is 1. The number of nitrogens with two attached hydrogens (primary N) is 1. The maximum atomic E-state index is 13.7. The van der Waals surface area contributed by atoms with E-state index >= 15 is 0 Å². The van der Waals surface area contributed by atoms with E-state index in [-0.39, 0.29) is 11.7 Å². The number of halogens is 1. The number of nitrogens with zero attached hydrogens (tertiary/aromatic N) is 1. The maximum Gasteiger partial charge on any atom is 0.267 e. The highest BCUT2D eigenvalue weighted by Crippen LogP contribution is 2.24. The second-order valence-corrected chi connectivity index (χ2v) is 5.03. The molecule has 0 radical (unpaired) electrons. The molecule has 3 N–H and O–H groups in total. The monoisotopic (exact) mass is 295 g/mol. The van der Waals surface area contributed by atoms with E-state index in [1.54, 1.807) is 19.9 Å². The lowest BCUT2D eigenvalue weighted by molar-refractivity contribution is 0.103. The number of nitrogens with one attached hydrogen (secondary N) is 1. The van der Waals surface area contributed by atoms with Gasteiger partial charge in [0.15, 0.2) is 16.7 Å². The Morgan fingerprint density at radius 1 is 1.55 bits per heavy atom. The number of rotatable bonds is 4. The molecule has 2 rings (SSSR count). The van der Waals surface area contributed by atoms with Crippen LogP contribution in [-0.4, -0.2) is 17.5 Å².